The lowest BCUT2D eigenvalue weighted by molar-refractivity contribution is -0.142. The van der Waals surface area contributed by atoms with Crippen LogP contribution in [0.2, 0.25) is 0 Å². The van der Waals surface area contributed by atoms with Crippen LogP contribution in [0.5, 0.6) is 0 Å². The summed E-state index contributed by atoms with van der Waals surface area (Å²) in [6.07, 6.45) is 1.61. The van der Waals surface area contributed by atoms with E-state index in [9.17, 15) is 9.59 Å². The van der Waals surface area contributed by atoms with Gasteiger partial charge in [-0.15, -0.1) is 6.58 Å². The Kier molecular flexibility index (Phi) is 7.06. The highest BCUT2D eigenvalue weighted by Crippen LogP contribution is 2.04. The van der Waals surface area contributed by atoms with Gasteiger partial charge >= 0.3 is 5.97 Å². The fourth-order valence-corrected chi connectivity index (χ4v) is 1.70. The molecule has 0 aliphatic carbocycles. The number of nitrogens with one attached hydrogen (secondary N) is 1. The first kappa shape index (κ1) is 15.9. The fourth-order valence-electron chi connectivity index (χ4n) is 1.70. The largest absolute Gasteiger partial charge is 0.468 e. The van der Waals surface area contributed by atoms with E-state index in [1.807, 2.05) is 30.3 Å². The molecule has 0 spiro atoms. The Bertz CT molecular complexity index is 446. The van der Waals surface area contributed by atoms with Crippen molar-refractivity contribution in [3.63, 3.8) is 0 Å². The topological polar surface area (TPSA) is 58.6 Å². The van der Waals surface area contributed by atoms with E-state index in [-0.39, 0.29) is 25.0 Å². The van der Waals surface area contributed by atoms with Crippen LogP contribution in [0.25, 0.3) is 0 Å². The maximum absolute atomic E-state index is 11.7. The minimum absolute atomic E-state index is 0.0763. The number of hydrogen-bond acceptors (Lipinski definition) is 4. The van der Waals surface area contributed by atoms with Crippen molar-refractivity contribution in [1.29, 1.82) is 0 Å². The second-order valence-corrected chi connectivity index (χ2v) is 4.30. The van der Waals surface area contributed by atoms with E-state index in [0.717, 1.165) is 5.56 Å². The third-order valence-corrected chi connectivity index (χ3v) is 2.64. The van der Waals surface area contributed by atoms with Gasteiger partial charge in [-0.2, -0.15) is 0 Å². The zero-order chi connectivity index (χ0) is 14.8. The van der Waals surface area contributed by atoms with Gasteiger partial charge in [0.25, 0.3) is 0 Å². The lowest BCUT2D eigenvalue weighted by atomic mass is 10.2. The number of ether oxygens (including phenoxy) is 1. The molecule has 0 aliphatic rings. The molecule has 1 N–H and O–H groups in total. The number of benzene rings is 1. The molecule has 1 amide bonds. The van der Waals surface area contributed by atoms with Crippen LogP contribution >= 0.6 is 0 Å². The fraction of sp³-hybridized carbons (Fsp3) is 0.333. The number of rotatable bonds is 8. The molecule has 0 heterocycles. The molecule has 0 bridgehead atoms. The molecular formula is C15H20N2O3. The van der Waals surface area contributed by atoms with Gasteiger partial charge in [-0.25, -0.2) is 0 Å². The molecule has 20 heavy (non-hydrogen) atoms. The number of carbonyl (C=O) groups is 2. The van der Waals surface area contributed by atoms with E-state index < -0.39 is 0 Å². The highest BCUT2D eigenvalue weighted by Gasteiger charge is 2.15. The molecule has 0 fully saturated rings. The molecule has 0 atom stereocenters. The Morgan fingerprint density at radius 1 is 1.30 bits per heavy atom. The Morgan fingerprint density at radius 3 is 2.60 bits per heavy atom. The molecule has 1 aromatic carbocycles. The number of hydrogen-bond donors (Lipinski definition) is 1. The number of amides is 1. The zero-order valence-corrected chi connectivity index (χ0v) is 11.7. The van der Waals surface area contributed by atoms with Crippen molar-refractivity contribution in [1.82, 2.24) is 10.2 Å². The van der Waals surface area contributed by atoms with Crippen molar-refractivity contribution in [2.75, 3.05) is 26.7 Å². The first-order valence-electron chi connectivity index (χ1n) is 6.36. The molecule has 0 saturated carbocycles. The average Bonchev–Trinajstić information content (AvgIpc) is 2.46. The third kappa shape index (κ3) is 6.15. The lowest BCUT2D eigenvalue weighted by Crippen LogP contribution is -2.39. The van der Waals surface area contributed by atoms with Crippen LogP contribution in [0.3, 0.4) is 0 Å². The number of carbonyl (C=O) groups excluding carboxylic acids is 2. The van der Waals surface area contributed by atoms with Gasteiger partial charge in [-0.05, 0) is 5.56 Å². The first-order chi connectivity index (χ1) is 9.65. The predicted octanol–water partition coefficient (Wildman–Crippen LogP) is 0.964. The minimum atomic E-state index is -0.363. The first-order valence-corrected chi connectivity index (χ1v) is 6.36. The van der Waals surface area contributed by atoms with Crippen LogP contribution in [0.15, 0.2) is 43.0 Å². The van der Waals surface area contributed by atoms with E-state index in [1.54, 1.807) is 11.0 Å². The molecule has 108 valence electrons. The molecule has 1 aromatic rings. The molecule has 0 aromatic heterocycles. The average molecular weight is 276 g/mol. The van der Waals surface area contributed by atoms with Gasteiger partial charge in [0.15, 0.2) is 0 Å². The van der Waals surface area contributed by atoms with Crippen molar-refractivity contribution in [2.45, 2.75) is 6.54 Å². The van der Waals surface area contributed by atoms with Gasteiger partial charge < -0.3 is 10.1 Å². The van der Waals surface area contributed by atoms with E-state index in [0.29, 0.717) is 13.1 Å². The van der Waals surface area contributed by atoms with Gasteiger partial charge in [0, 0.05) is 13.1 Å². The summed E-state index contributed by atoms with van der Waals surface area (Å²) in [6.45, 7) is 4.68. The van der Waals surface area contributed by atoms with Crippen molar-refractivity contribution in [2.24, 2.45) is 0 Å². The molecule has 5 nitrogen and oxygen atoms in total. The number of nitrogens with zero attached hydrogens (tertiary/aromatic N) is 1. The summed E-state index contributed by atoms with van der Waals surface area (Å²) in [5.41, 5.74) is 1.04. The van der Waals surface area contributed by atoms with E-state index in [1.165, 1.54) is 7.11 Å². The van der Waals surface area contributed by atoms with Crippen LogP contribution in [0.4, 0.5) is 0 Å². The Labute approximate surface area is 119 Å². The maximum atomic E-state index is 11.7. The van der Waals surface area contributed by atoms with Crippen LogP contribution in [-0.2, 0) is 20.9 Å². The second kappa shape index (κ2) is 8.87. The Balaban J connectivity index is 2.62. The van der Waals surface area contributed by atoms with Gasteiger partial charge in [0.2, 0.25) is 5.91 Å². The summed E-state index contributed by atoms with van der Waals surface area (Å²) in [5.74, 6) is -0.512. The summed E-state index contributed by atoms with van der Waals surface area (Å²) in [5, 5.41) is 2.69. The summed E-state index contributed by atoms with van der Waals surface area (Å²) >= 11 is 0. The summed E-state index contributed by atoms with van der Waals surface area (Å²) in [4.78, 5) is 24.9. The highest BCUT2D eigenvalue weighted by atomic mass is 16.5. The van der Waals surface area contributed by atoms with Crippen LogP contribution < -0.4 is 5.32 Å². The number of methoxy groups -OCH3 is 1. The molecule has 1 rings (SSSR count). The molecule has 0 unspecified atom stereocenters. The molecular weight excluding hydrogens is 256 g/mol. The molecule has 0 radical (unpaired) electrons. The third-order valence-electron chi connectivity index (χ3n) is 2.64. The van der Waals surface area contributed by atoms with E-state index in [2.05, 4.69) is 16.6 Å². The van der Waals surface area contributed by atoms with Crippen LogP contribution in [0.1, 0.15) is 5.56 Å². The monoisotopic (exact) mass is 276 g/mol. The lowest BCUT2D eigenvalue weighted by Gasteiger charge is -2.20. The summed E-state index contributed by atoms with van der Waals surface area (Å²) in [6, 6.07) is 9.66. The Morgan fingerprint density at radius 2 is 2.00 bits per heavy atom. The van der Waals surface area contributed by atoms with Gasteiger partial charge in [0.05, 0.1) is 20.2 Å². The Hall–Kier alpha value is -2.14. The maximum Gasteiger partial charge on any atom is 0.319 e. The van der Waals surface area contributed by atoms with Gasteiger partial charge in [-0.1, -0.05) is 36.4 Å². The molecule has 0 aliphatic heterocycles. The van der Waals surface area contributed by atoms with Crippen molar-refractivity contribution in [3.05, 3.63) is 48.6 Å². The highest BCUT2D eigenvalue weighted by molar-refractivity contribution is 5.79. The zero-order valence-electron chi connectivity index (χ0n) is 11.7. The summed E-state index contributed by atoms with van der Waals surface area (Å²) in [7, 11) is 1.33. The van der Waals surface area contributed by atoms with Crippen LogP contribution in [0, 0.1) is 0 Å². The van der Waals surface area contributed by atoms with E-state index in [4.69, 9.17) is 0 Å². The smallest absolute Gasteiger partial charge is 0.319 e. The van der Waals surface area contributed by atoms with Crippen LogP contribution in [-0.4, -0.2) is 43.5 Å². The summed E-state index contributed by atoms with van der Waals surface area (Å²) < 4.78 is 4.65. The van der Waals surface area contributed by atoms with E-state index >= 15 is 0 Å². The molecule has 0 saturated heterocycles. The quantitative estimate of drug-likeness (QED) is 0.567. The SMILES string of the molecule is C=CCNC(=O)CN(CC(=O)OC)Cc1ccccc1. The van der Waals surface area contributed by atoms with Gasteiger partial charge in [0.1, 0.15) is 0 Å². The van der Waals surface area contributed by atoms with Gasteiger partial charge in [-0.3, -0.25) is 14.5 Å². The molecule has 5 heteroatoms. The predicted molar refractivity (Wildman–Crippen MR) is 76.9 cm³/mol. The number of esters is 1. The normalized spacial score (nSPS) is 10.1. The minimum Gasteiger partial charge on any atom is -0.468 e. The van der Waals surface area contributed by atoms with Crippen molar-refractivity contribution in [3.8, 4) is 0 Å². The second-order valence-electron chi connectivity index (χ2n) is 4.30. The standard InChI is InChI=1S/C15H20N2O3/c1-3-9-16-14(18)11-17(12-15(19)20-2)10-13-7-5-4-6-8-13/h3-8H,1,9-12H2,2H3,(H,16,18). The van der Waals surface area contributed by atoms with Crippen molar-refractivity contribution >= 4 is 11.9 Å². The van der Waals surface area contributed by atoms with Crippen molar-refractivity contribution < 1.29 is 14.3 Å².